The van der Waals surface area contributed by atoms with Gasteiger partial charge in [-0.05, 0) is 35.9 Å². The molecule has 0 aromatic heterocycles. The number of benzene rings is 2. The molecule has 6 nitrogen and oxygen atoms in total. The number of urea groups is 1. The lowest BCUT2D eigenvalue weighted by atomic mass is 10.2. The molecule has 9 heteroatoms. The van der Waals surface area contributed by atoms with Gasteiger partial charge in [0.25, 0.3) is 0 Å². The van der Waals surface area contributed by atoms with Gasteiger partial charge in [0.1, 0.15) is 6.61 Å². The number of hydrogen-bond donors (Lipinski definition) is 2. The van der Waals surface area contributed by atoms with Gasteiger partial charge in [-0.2, -0.15) is 5.10 Å². The first kappa shape index (κ1) is 19.2. The summed E-state index contributed by atoms with van der Waals surface area (Å²) in [6.45, 7) is 0.116. The monoisotopic (exact) mass is 401 g/mol. The SMILES string of the molecule is COc1cc(/C=N/NC(N)=O)ccc1OCc1c(Cl)ccc(Cl)c1Cl. The van der Waals surface area contributed by atoms with Crippen molar-refractivity contribution in [1.29, 1.82) is 0 Å². The third-order valence-corrected chi connectivity index (χ3v) is 4.28. The molecule has 3 N–H and O–H groups in total. The summed E-state index contributed by atoms with van der Waals surface area (Å²) in [7, 11) is 1.50. The quantitative estimate of drug-likeness (QED) is 0.430. The highest BCUT2D eigenvalue weighted by molar-refractivity contribution is 6.44. The standard InChI is InChI=1S/C16H14Cl3N3O3/c1-24-14-6-9(7-21-22-16(20)23)2-5-13(14)25-8-10-11(17)3-4-12(18)15(10)19/h2-7H,8H2,1H3,(H3,20,22,23)/b21-7+. The number of carbonyl (C=O) groups is 1. The molecule has 0 heterocycles. The van der Waals surface area contributed by atoms with E-state index in [0.29, 0.717) is 37.7 Å². The summed E-state index contributed by atoms with van der Waals surface area (Å²) in [5.41, 5.74) is 8.29. The Kier molecular flexibility index (Phi) is 6.75. The smallest absolute Gasteiger partial charge is 0.332 e. The molecule has 0 atom stereocenters. The van der Waals surface area contributed by atoms with Crippen molar-refractivity contribution >= 4 is 47.0 Å². The summed E-state index contributed by atoms with van der Waals surface area (Å²) in [4.78, 5) is 10.6. The van der Waals surface area contributed by atoms with Crippen molar-refractivity contribution in [1.82, 2.24) is 5.43 Å². The van der Waals surface area contributed by atoms with Crippen LogP contribution in [0.25, 0.3) is 0 Å². The number of carbonyl (C=O) groups excluding carboxylic acids is 1. The van der Waals surface area contributed by atoms with E-state index in [1.54, 1.807) is 30.3 Å². The van der Waals surface area contributed by atoms with E-state index in [2.05, 4.69) is 10.5 Å². The normalized spacial score (nSPS) is 10.7. The fourth-order valence-corrected chi connectivity index (χ4v) is 2.56. The average Bonchev–Trinajstić information content (AvgIpc) is 2.58. The number of hydrazone groups is 1. The molecule has 2 amide bonds. The van der Waals surface area contributed by atoms with Gasteiger partial charge in [-0.1, -0.05) is 34.8 Å². The Morgan fingerprint density at radius 3 is 2.60 bits per heavy atom. The fraction of sp³-hybridized carbons (Fsp3) is 0.125. The van der Waals surface area contributed by atoms with E-state index in [1.807, 2.05) is 0 Å². The number of methoxy groups -OCH3 is 1. The summed E-state index contributed by atoms with van der Waals surface area (Å²) >= 11 is 18.3. The van der Waals surface area contributed by atoms with E-state index < -0.39 is 6.03 Å². The number of rotatable bonds is 6. The summed E-state index contributed by atoms with van der Waals surface area (Å²) in [5.74, 6) is 0.951. The van der Waals surface area contributed by atoms with Gasteiger partial charge in [-0.25, -0.2) is 10.2 Å². The molecule has 2 aromatic rings. The molecule has 2 rings (SSSR count). The molecule has 0 aliphatic heterocycles. The van der Waals surface area contributed by atoms with E-state index in [0.717, 1.165) is 0 Å². The van der Waals surface area contributed by atoms with Gasteiger partial charge in [0.05, 0.1) is 23.4 Å². The molecule has 0 aliphatic rings. The molecular weight excluding hydrogens is 389 g/mol. The van der Waals surface area contributed by atoms with Gasteiger partial charge in [-0.15, -0.1) is 0 Å². The first-order chi connectivity index (χ1) is 11.9. The predicted molar refractivity (Wildman–Crippen MR) is 99.1 cm³/mol. The van der Waals surface area contributed by atoms with Crippen LogP contribution in [0.15, 0.2) is 35.4 Å². The van der Waals surface area contributed by atoms with Gasteiger partial charge in [0, 0.05) is 10.6 Å². The van der Waals surface area contributed by atoms with Crippen molar-refractivity contribution in [2.45, 2.75) is 6.61 Å². The summed E-state index contributed by atoms with van der Waals surface area (Å²) in [5, 5.41) is 4.87. The van der Waals surface area contributed by atoms with Crippen LogP contribution < -0.4 is 20.6 Å². The number of hydrogen-bond acceptors (Lipinski definition) is 4. The summed E-state index contributed by atoms with van der Waals surface area (Å²) in [6.07, 6.45) is 1.42. The zero-order valence-electron chi connectivity index (χ0n) is 13.1. The minimum Gasteiger partial charge on any atom is -0.493 e. The second-order valence-corrected chi connectivity index (χ2v) is 5.95. The number of nitrogens with zero attached hydrogens (tertiary/aromatic N) is 1. The van der Waals surface area contributed by atoms with Gasteiger partial charge in [0.2, 0.25) is 0 Å². The molecule has 0 fully saturated rings. The van der Waals surface area contributed by atoms with Crippen LogP contribution in [-0.4, -0.2) is 19.4 Å². The topological polar surface area (TPSA) is 85.9 Å². The lowest BCUT2D eigenvalue weighted by molar-refractivity contribution is 0.249. The van der Waals surface area contributed by atoms with Crippen LogP contribution in [0, 0.1) is 0 Å². The Balaban J connectivity index is 2.16. The van der Waals surface area contributed by atoms with Gasteiger partial charge in [0.15, 0.2) is 11.5 Å². The fourth-order valence-electron chi connectivity index (χ4n) is 1.91. The third kappa shape index (κ3) is 5.16. The molecule has 0 aliphatic carbocycles. The number of amides is 2. The van der Waals surface area contributed by atoms with Crippen LogP contribution in [0.5, 0.6) is 11.5 Å². The number of nitrogens with two attached hydrogens (primary N) is 1. The van der Waals surface area contributed by atoms with E-state index >= 15 is 0 Å². The predicted octanol–water partition coefficient (Wildman–Crippen LogP) is 4.24. The van der Waals surface area contributed by atoms with E-state index in [4.69, 9.17) is 50.0 Å². The molecule has 0 spiro atoms. The highest BCUT2D eigenvalue weighted by atomic mass is 35.5. The molecule has 0 radical (unpaired) electrons. The highest BCUT2D eigenvalue weighted by Gasteiger charge is 2.12. The number of halogens is 3. The Bertz CT molecular complexity index is 813. The first-order valence-corrected chi connectivity index (χ1v) is 8.07. The third-order valence-electron chi connectivity index (χ3n) is 3.09. The maximum Gasteiger partial charge on any atom is 0.332 e. The van der Waals surface area contributed by atoms with Crippen molar-refractivity contribution in [3.05, 3.63) is 56.5 Å². The lowest BCUT2D eigenvalue weighted by Gasteiger charge is -2.13. The molecule has 2 aromatic carbocycles. The first-order valence-electron chi connectivity index (χ1n) is 6.94. The zero-order valence-corrected chi connectivity index (χ0v) is 15.3. The van der Waals surface area contributed by atoms with Crippen LogP contribution in [0.2, 0.25) is 15.1 Å². The van der Waals surface area contributed by atoms with E-state index in [-0.39, 0.29) is 6.61 Å². The van der Waals surface area contributed by atoms with Crippen molar-refractivity contribution in [3.63, 3.8) is 0 Å². The van der Waals surface area contributed by atoms with Crippen LogP contribution in [0.1, 0.15) is 11.1 Å². The zero-order chi connectivity index (χ0) is 18.4. The summed E-state index contributed by atoms with van der Waals surface area (Å²) < 4.78 is 11.0. The van der Waals surface area contributed by atoms with Gasteiger partial charge >= 0.3 is 6.03 Å². The molecule has 132 valence electrons. The highest BCUT2D eigenvalue weighted by Crippen LogP contribution is 2.34. The minimum absolute atomic E-state index is 0.116. The number of nitrogens with one attached hydrogen (secondary N) is 1. The van der Waals surface area contributed by atoms with Crippen molar-refractivity contribution < 1.29 is 14.3 Å². The largest absolute Gasteiger partial charge is 0.493 e. The Morgan fingerprint density at radius 2 is 1.92 bits per heavy atom. The second-order valence-electron chi connectivity index (χ2n) is 4.75. The molecule has 0 saturated carbocycles. The van der Waals surface area contributed by atoms with Crippen molar-refractivity contribution in [2.75, 3.05) is 7.11 Å². The van der Waals surface area contributed by atoms with Crippen LogP contribution in [0.4, 0.5) is 4.79 Å². The van der Waals surface area contributed by atoms with Crippen LogP contribution in [0.3, 0.4) is 0 Å². The maximum absolute atomic E-state index is 10.6. The minimum atomic E-state index is -0.751. The molecule has 0 bridgehead atoms. The number of ether oxygens (including phenoxy) is 2. The molecule has 0 unspecified atom stereocenters. The van der Waals surface area contributed by atoms with Crippen molar-refractivity contribution in [2.24, 2.45) is 10.8 Å². The second kappa shape index (κ2) is 8.80. The number of primary amides is 1. The van der Waals surface area contributed by atoms with Gasteiger partial charge < -0.3 is 15.2 Å². The van der Waals surface area contributed by atoms with E-state index in [1.165, 1.54) is 13.3 Å². The van der Waals surface area contributed by atoms with Crippen LogP contribution in [-0.2, 0) is 6.61 Å². The van der Waals surface area contributed by atoms with Gasteiger partial charge in [-0.3, -0.25) is 0 Å². The molecule has 25 heavy (non-hydrogen) atoms. The Morgan fingerprint density at radius 1 is 1.20 bits per heavy atom. The average molecular weight is 403 g/mol. The molecular formula is C16H14Cl3N3O3. The lowest BCUT2D eigenvalue weighted by Crippen LogP contribution is -2.24. The van der Waals surface area contributed by atoms with Crippen molar-refractivity contribution in [3.8, 4) is 11.5 Å². The van der Waals surface area contributed by atoms with E-state index in [9.17, 15) is 4.79 Å². The van der Waals surface area contributed by atoms with Crippen LogP contribution >= 0.6 is 34.8 Å². The summed E-state index contributed by atoms with van der Waals surface area (Å²) in [6, 6.07) is 7.62. The Labute approximate surface area is 159 Å². The maximum atomic E-state index is 10.6. The Hall–Kier alpha value is -2.15. The molecule has 0 saturated heterocycles.